The number of nitrogens with two attached hydrogens (primary N) is 1. The van der Waals surface area contributed by atoms with Gasteiger partial charge in [-0.1, -0.05) is 0 Å². The molecule has 2 aromatic rings. The van der Waals surface area contributed by atoms with Crippen LogP contribution < -0.4 is 11.1 Å². The molecule has 4 nitrogen and oxygen atoms in total. The number of pyridine rings is 1. The van der Waals surface area contributed by atoms with Crippen LogP contribution in [0.2, 0.25) is 0 Å². The summed E-state index contributed by atoms with van der Waals surface area (Å²) in [5.74, 6) is -0.364. The molecule has 0 aliphatic heterocycles. The van der Waals surface area contributed by atoms with Crippen LogP contribution in [-0.4, -0.2) is 24.2 Å². The zero-order chi connectivity index (χ0) is 15.2. The van der Waals surface area contributed by atoms with E-state index in [4.69, 9.17) is 10.5 Å². The van der Waals surface area contributed by atoms with Crippen LogP contribution in [0.15, 0.2) is 24.4 Å². The van der Waals surface area contributed by atoms with E-state index in [1.165, 1.54) is 6.07 Å². The Labute approximate surface area is 124 Å². The zero-order valence-corrected chi connectivity index (χ0v) is 12.5. The van der Waals surface area contributed by atoms with E-state index >= 15 is 0 Å². The summed E-state index contributed by atoms with van der Waals surface area (Å²) in [4.78, 5) is 4.23. The van der Waals surface area contributed by atoms with Crippen molar-refractivity contribution >= 4 is 22.3 Å². The van der Waals surface area contributed by atoms with Crippen molar-refractivity contribution in [2.24, 2.45) is 0 Å². The number of hydrogen-bond donors (Lipinski definition) is 2. The van der Waals surface area contributed by atoms with Crippen LogP contribution in [0, 0.1) is 5.82 Å². The summed E-state index contributed by atoms with van der Waals surface area (Å²) >= 11 is 0. The first-order valence-corrected chi connectivity index (χ1v) is 7.27. The smallest absolute Gasteiger partial charge is 0.150 e. The lowest BCUT2D eigenvalue weighted by Crippen LogP contribution is -2.08. The molecule has 1 heterocycles. The Morgan fingerprint density at radius 2 is 2.19 bits per heavy atom. The fourth-order valence-corrected chi connectivity index (χ4v) is 2.16. The third-order valence-electron chi connectivity index (χ3n) is 3.20. The van der Waals surface area contributed by atoms with Crippen molar-refractivity contribution in [1.29, 1.82) is 0 Å². The molecule has 0 aliphatic carbocycles. The Balaban J connectivity index is 1.99. The van der Waals surface area contributed by atoms with Gasteiger partial charge in [-0.2, -0.15) is 0 Å². The summed E-state index contributed by atoms with van der Waals surface area (Å²) in [5, 5.41) is 3.89. The molecule has 0 saturated carbocycles. The summed E-state index contributed by atoms with van der Waals surface area (Å²) in [6.07, 6.45) is 3.74. The molecule has 0 aliphatic rings. The molecule has 5 heteroatoms. The zero-order valence-electron chi connectivity index (χ0n) is 12.5. The number of halogens is 1. The third-order valence-corrected chi connectivity index (χ3v) is 3.20. The molecule has 0 saturated heterocycles. The number of nitrogens with one attached hydrogen (secondary N) is 1. The second-order valence-corrected chi connectivity index (χ2v) is 5.28. The lowest BCUT2D eigenvalue weighted by Gasteiger charge is -2.12. The first kappa shape index (κ1) is 15.5. The maximum atomic E-state index is 14.1. The topological polar surface area (TPSA) is 60.2 Å². The molecule has 2 rings (SSSR count). The molecule has 3 N–H and O–H groups in total. The summed E-state index contributed by atoms with van der Waals surface area (Å²) in [7, 11) is 0. The van der Waals surface area contributed by atoms with Gasteiger partial charge >= 0.3 is 0 Å². The first-order valence-electron chi connectivity index (χ1n) is 7.27. The van der Waals surface area contributed by atoms with Gasteiger partial charge in [0.1, 0.15) is 0 Å². The Bertz CT molecular complexity index is 601. The van der Waals surface area contributed by atoms with Crippen LogP contribution in [0.25, 0.3) is 10.9 Å². The minimum atomic E-state index is -0.364. The molecule has 0 unspecified atom stereocenters. The van der Waals surface area contributed by atoms with Gasteiger partial charge in [-0.05, 0) is 44.9 Å². The van der Waals surface area contributed by atoms with Gasteiger partial charge in [0.25, 0.3) is 0 Å². The molecule has 0 fully saturated rings. The lowest BCUT2D eigenvalue weighted by atomic mass is 10.1. The minimum absolute atomic E-state index is 0.251. The molecule has 1 aromatic carbocycles. The fraction of sp³-hybridized carbons (Fsp3) is 0.438. The highest BCUT2D eigenvalue weighted by Gasteiger charge is 2.11. The van der Waals surface area contributed by atoms with Crippen LogP contribution in [0.5, 0.6) is 0 Å². The number of ether oxygens (including phenoxy) is 1. The fourth-order valence-electron chi connectivity index (χ4n) is 2.16. The van der Waals surface area contributed by atoms with Crippen LogP contribution in [-0.2, 0) is 4.74 Å². The van der Waals surface area contributed by atoms with Crippen LogP contribution >= 0.6 is 0 Å². The number of rotatable bonds is 7. The molecule has 0 bridgehead atoms. The number of hydrogen-bond acceptors (Lipinski definition) is 4. The molecular formula is C16H22FN3O. The first-order chi connectivity index (χ1) is 10.1. The van der Waals surface area contributed by atoms with E-state index in [0.717, 1.165) is 24.8 Å². The highest BCUT2D eigenvalue weighted by molar-refractivity contribution is 5.98. The van der Waals surface area contributed by atoms with Crippen molar-refractivity contribution in [3.63, 3.8) is 0 Å². The number of nitrogens with zero attached hydrogens (tertiary/aromatic N) is 1. The predicted molar refractivity (Wildman–Crippen MR) is 84.9 cm³/mol. The van der Waals surface area contributed by atoms with Crippen molar-refractivity contribution in [1.82, 2.24) is 4.98 Å². The van der Waals surface area contributed by atoms with Crippen molar-refractivity contribution < 1.29 is 9.13 Å². The quantitative estimate of drug-likeness (QED) is 0.605. The Morgan fingerprint density at radius 1 is 1.38 bits per heavy atom. The Morgan fingerprint density at radius 3 is 2.95 bits per heavy atom. The van der Waals surface area contributed by atoms with E-state index < -0.39 is 0 Å². The molecule has 1 aromatic heterocycles. The summed E-state index contributed by atoms with van der Waals surface area (Å²) < 4.78 is 19.5. The van der Waals surface area contributed by atoms with E-state index in [-0.39, 0.29) is 11.9 Å². The molecule has 114 valence electrons. The molecule has 21 heavy (non-hydrogen) atoms. The predicted octanol–water partition coefficient (Wildman–Crippen LogP) is 3.57. The SMILES string of the molecule is CC(C)OCCCCNc1c(F)cc(N)c2cccnc12. The number of fused-ring (bicyclic) bond motifs is 1. The Hall–Kier alpha value is -1.88. The normalized spacial score (nSPS) is 11.2. The van der Waals surface area contributed by atoms with E-state index in [0.29, 0.717) is 23.4 Å². The van der Waals surface area contributed by atoms with Gasteiger partial charge in [0.15, 0.2) is 5.82 Å². The van der Waals surface area contributed by atoms with Crippen LogP contribution in [0.3, 0.4) is 0 Å². The maximum absolute atomic E-state index is 14.1. The van der Waals surface area contributed by atoms with Gasteiger partial charge in [0, 0.05) is 30.4 Å². The number of nitrogen functional groups attached to an aromatic ring is 1. The third kappa shape index (κ3) is 4.04. The largest absolute Gasteiger partial charge is 0.398 e. The van der Waals surface area contributed by atoms with E-state index in [9.17, 15) is 4.39 Å². The average molecular weight is 291 g/mol. The number of aromatic nitrogens is 1. The Kier molecular flexibility index (Phi) is 5.33. The van der Waals surface area contributed by atoms with Gasteiger partial charge in [-0.25, -0.2) is 4.39 Å². The second kappa shape index (κ2) is 7.22. The summed E-state index contributed by atoms with van der Waals surface area (Å²) in [6.45, 7) is 5.43. The van der Waals surface area contributed by atoms with Crippen molar-refractivity contribution in [3.05, 3.63) is 30.2 Å². The summed E-state index contributed by atoms with van der Waals surface area (Å²) in [6, 6.07) is 4.98. The summed E-state index contributed by atoms with van der Waals surface area (Å²) in [5.41, 5.74) is 7.23. The van der Waals surface area contributed by atoms with Crippen LogP contribution in [0.1, 0.15) is 26.7 Å². The second-order valence-electron chi connectivity index (χ2n) is 5.28. The van der Waals surface area contributed by atoms with Crippen molar-refractivity contribution in [2.45, 2.75) is 32.8 Å². The lowest BCUT2D eigenvalue weighted by molar-refractivity contribution is 0.0765. The van der Waals surface area contributed by atoms with Gasteiger partial charge < -0.3 is 15.8 Å². The molecule has 0 spiro atoms. The van der Waals surface area contributed by atoms with E-state index in [2.05, 4.69) is 10.3 Å². The monoisotopic (exact) mass is 291 g/mol. The van der Waals surface area contributed by atoms with E-state index in [1.54, 1.807) is 12.3 Å². The molecule has 0 radical (unpaired) electrons. The van der Waals surface area contributed by atoms with Gasteiger partial charge in [-0.3, -0.25) is 4.98 Å². The number of benzene rings is 1. The highest BCUT2D eigenvalue weighted by Crippen LogP contribution is 2.29. The molecule has 0 atom stereocenters. The molecule has 0 amide bonds. The van der Waals surface area contributed by atoms with Gasteiger partial charge in [0.05, 0.1) is 17.3 Å². The average Bonchev–Trinajstić information content (AvgIpc) is 2.45. The molecular weight excluding hydrogens is 269 g/mol. The number of unbranched alkanes of at least 4 members (excludes halogenated alkanes) is 1. The van der Waals surface area contributed by atoms with Crippen molar-refractivity contribution in [2.75, 3.05) is 24.2 Å². The maximum Gasteiger partial charge on any atom is 0.150 e. The van der Waals surface area contributed by atoms with Crippen LogP contribution in [0.4, 0.5) is 15.8 Å². The minimum Gasteiger partial charge on any atom is -0.398 e. The van der Waals surface area contributed by atoms with Gasteiger partial charge in [0.2, 0.25) is 0 Å². The van der Waals surface area contributed by atoms with Crippen molar-refractivity contribution in [3.8, 4) is 0 Å². The highest BCUT2D eigenvalue weighted by atomic mass is 19.1. The standard InChI is InChI=1S/C16H22FN3O/c1-11(2)21-9-4-3-7-20-16-13(17)10-14(18)12-6-5-8-19-15(12)16/h5-6,8,10-11,20H,3-4,7,9,18H2,1-2H3. The number of anilines is 2. The van der Waals surface area contributed by atoms with Gasteiger partial charge in [-0.15, -0.1) is 0 Å². The van der Waals surface area contributed by atoms with E-state index in [1.807, 2.05) is 19.9 Å².